The van der Waals surface area contributed by atoms with E-state index >= 15 is 0 Å². The number of hydrogen-bond donors (Lipinski definition) is 0. The van der Waals surface area contributed by atoms with E-state index in [1.54, 1.807) is 24.8 Å². The lowest BCUT2D eigenvalue weighted by molar-refractivity contribution is 0.215. The van der Waals surface area contributed by atoms with Gasteiger partial charge in [-0.2, -0.15) is 5.10 Å². The van der Waals surface area contributed by atoms with Crippen molar-refractivity contribution in [3.05, 3.63) is 69.3 Å². The van der Waals surface area contributed by atoms with Crippen LogP contribution in [0.1, 0.15) is 54.1 Å². The highest BCUT2D eigenvalue weighted by atomic mass is 32.1. The predicted octanol–water partition coefficient (Wildman–Crippen LogP) is 4.76. The molecule has 2 aliphatic carbocycles. The van der Waals surface area contributed by atoms with Gasteiger partial charge in [-0.05, 0) is 56.8 Å². The van der Waals surface area contributed by atoms with Gasteiger partial charge < -0.3 is 4.74 Å². The summed E-state index contributed by atoms with van der Waals surface area (Å²) in [5.41, 5.74) is 3.60. The van der Waals surface area contributed by atoms with E-state index in [-0.39, 0.29) is 5.56 Å². The molecule has 0 amide bonds. The molecular weight excluding hydrogens is 458 g/mol. The Morgan fingerprint density at radius 2 is 2.09 bits per heavy atom. The van der Waals surface area contributed by atoms with E-state index in [0.717, 1.165) is 60.3 Å². The normalized spacial score (nSPS) is 18.4. The van der Waals surface area contributed by atoms with Crippen LogP contribution in [0.2, 0.25) is 0 Å². The van der Waals surface area contributed by atoms with Gasteiger partial charge >= 0.3 is 0 Å². The molecule has 1 saturated carbocycles. The fourth-order valence-corrected chi connectivity index (χ4v) is 6.98. The Labute approximate surface area is 209 Å². The van der Waals surface area contributed by atoms with Gasteiger partial charge in [-0.25, -0.2) is 9.67 Å². The standard InChI is InChI=1S/C27H31N5O2S/c1-30(15-18-14-29-32(16-18)21-8-5-9-22(12-21)34-2)20-10-11-23-24(13-20)35-26-25(23)27(33)31(17-28-26)19-6-3-4-7-19/h5,8-9,12,14,16-17,19-20H,3-4,6-7,10-11,13,15H2,1-2H3. The van der Waals surface area contributed by atoms with Crippen LogP contribution in [-0.4, -0.2) is 44.4 Å². The monoisotopic (exact) mass is 489 g/mol. The van der Waals surface area contributed by atoms with Crippen LogP contribution < -0.4 is 10.3 Å². The number of hydrogen-bond acceptors (Lipinski definition) is 6. The van der Waals surface area contributed by atoms with Crippen LogP contribution in [0.15, 0.2) is 47.8 Å². The quantitative estimate of drug-likeness (QED) is 0.391. The van der Waals surface area contributed by atoms with E-state index in [1.165, 1.54) is 28.8 Å². The first kappa shape index (κ1) is 22.5. The zero-order valence-corrected chi connectivity index (χ0v) is 21.1. The van der Waals surface area contributed by atoms with Crippen molar-refractivity contribution in [1.29, 1.82) is 0 Å². The third-order valence-electron chi connectivity index (χ3n) is 7.70. The van der Waals surface area contributed by atoms with Gasteiger partial charge in [0, 0.05) is 41.3 Å². The fourth-order valence-electron chi connectivity index (χ4n) is 5.73. The average Bonchev–Trinajstić information content (AvgIpc) is 3.64. The van der Waals surface area contributed by atoms with E-state index in [1.807, 2.05) is 39.7 Å². The van der Waals surface area contributed by atoms with E-state index in [0.29, 0.717) is 12.1 Å². The first-order chi connectivity index (χ1) is 17.1. The highest BCUT2D eigenvalue weighted by molar-refractivity contribution is 7.18. The molecule has 35 heavy (non-hydrogen) atoms. The molecule has 1 unspecified atom stereocenters. The van der Waals surface area contributed by atoms with Crippen molar-refractivity contribution in [2.75, 3.05) is 14.2 Å². The Morgan fingerprint density at radius 3 is 2.91 bits per heavy atom. The summed E-state index contributed by atoms with van der Waals surface area (Å²) in [6, 6.07) is 8.69. The van der Waals surface area contributed by atoms with Crippen LogP contribution in [0, 0.1) is 0 Å². The molecule has 3 heterocycles. The summed E-state index contributed by atoms with van der Waals surface area (Å²) in [6.07, 6.45) is 13.4. The second kappa shape index (κ2) is 9.24. The SMILES string of the molecule is COc1cccc(-n2cc(CN(C)C3CCc4c(sc5ncn(C6CCCC6)c(=O)c45)C3)cn2)c1. The molecule has 0 aliphatic heterocycles. The molecule has 6 rings (SSSR count). The first-order valence-corrected chi connectivity index (χ1v) is 13.3. The number of thiophene rings is 1. The van der Waals surface area contributed by atoms with Gasteiger partial charge in [0.25, 0.3) is 5.56 Å². The number of methoxy groups -OCH3 is 1. The minimum atomic E-state index is 0.177. The summed E-state index contributed by atoms with van der Waals surface area (Å²) < 4.78 is 9.16. The van der Waals surface area contributed by atoms with Crippen molar-refractivity contribution < 1.29 is 4.74 Å². The van der Waals surface area contributed by atoms with Crippen LogP contribution >= 0.6 is 11.3 Å². The number of nitrogens with zero attached hydrogens (tertiary/aromatic N) is 5. The van der Waals surface area contributed by atoms with Gasteiger partial charge in [0.1, 0.15) is 10.6 Å². The lowest BCUT2D eigenvalue weighted by Crippen LogP contribution is -2.35. The molecule has 1 atom stereocenters. The van der Waals surface area contributed by atoms with Crippen molar-refractivity contribution >= 4 is 21.6 Å². The van der Waals surface area contributed by atoms with E-state index in [4.69, 9.17) is 9.72 Å². The number of rotatable bonds is 6. The van der Waals surface area contributed by atoms with Crippen LogP contribution in [0.3, 0.4) is 0 Å². The fraction of sp³-hybridized carbons (Fsp3) is 0.444. The number of fused-ring (bicyclic) bond motifs is 3. The molecule has 1 aromatic carbocycles. The molecule has 8 heteroatoms. The molecule has 0 bridgehead atoms. The highest BCUT2D eigenvalue weighted by Gasteiger charge is 2.28. The molecule has 4 aromatic rings. The Kier molecular flexibility index (Phi) is 5.94. The van der Waals surface area contributed by atoms with Gasteiger partial charge in [-0.15, -0.1) is 11.3 Å². The topological polar surface area (TPSA) is 65.2 Å². The molecule has 0 spiro atoms. The zero-order chi connectivity index (χ0) is 23.9. The Bertz CT molecular complexity index is 1410. The van der Waals surface area contributed by atoms with E-state index in [9.17, 15) is 4.79 Å². The molecule has 3 aromatic heterocycles. The van der Waals surface area contributed by atoms with Crippen LogP contribution in [0.4, 0.5) is 0 Å². The average molecular weight is 490 g/mol. The van der Waals surface area contributed by atoms with Crippen LogP contribution in [0.25, 0.3) is 15.9 Å². The third-order valence-corrected chi connectivity index (χ3v) is 8.86. The van der Waals surface area contributed by atoms with Crippen molar-refractivity contribution in [3.8, 4) is 11.4 Å². The smallest absolute Gasteiger partial charge is 0.262 e. The largest absolute Gasteiger partial charge is 0.497 e. The second-order valence-corrected chi connectivity index (χ2v) is 11.0. The van der Waals surface area contributed by atoms with Crippen molar-refractivity contribution in [2.45, 2.75) is 63.6 Å². The maximum Gasteiger partial charge on any atom is 0.262 e. The molecule has 2 aliphatic rings. The molecule has 7 nitrogen and oxygen atoms in total. The predicted molar refractivity (Wildman–Crippen MR) is 139 cm³/mol. The maximum absolute atomic E-state index is 13.4. The first-order valence-electron chi connectivity index (χ1n) is 12.5. The molecule has 182 valence electrons. The number of benzene rings is 1. The Hall–Kier alpha value is -2.97. The minimum Gasteiger partial charge on any atom is -0.497 e. The molecule has 0 N–H and O–H groups in total. The second-order valence-electron chi connectivity index (χ2n) is 9.89. The lowest BCUT2D eigenvalue weighted by Gasteiger charge is -2.31. The summed E-state index contributed by atoms with van der Waals surface area (Å²) >= 11 is 1.72. The van der Waals surface area contributed by atoms with Gasteiger partial charge in [0.2, 0.25) is 0 Å². The third kappa shape index (κ3) is 4.19. The minimum absolute atomic E-state index is 0.177. The summed E-state index contributed by atoms with van der Waals surface area (Å²) in [6.45, 7) is 0.835. The number of aryl methyl sites for hydroxylation is 1. The zero-order valence-electron chi connectivity index (χ0n) is 20.3. The van der Waals surface area contributed by atoms with Gasteiger partial charge in [-0.3, -0.25) is 14.3 Å². The lowest BCUT2D eigenvalue weighted by atomic mass is 9.92. The summed E-state index contributed by atoms with van der Waals surface area (Å²) in [7, 11) is 3.87. The molecular formula is C27H31N5O2S. The highest BCUT2D eigenvalue weighted by Crippen LogP contribution is 2.36. The molecule has 0 radical (unpaired) electrons. The number of ether oxygens (including phenoxy) is 1. The Balaban J connectivity index is 1.19. The van der Waals surface area contributed by atoms with E-state index < -0.39 is 0 Å². The summed E-state index contributed by atoms with van der Waals surface area (Å²) in [5, 5.41) is 5.46. The van der Waals surface area contributed by atoms with Gasteiger partial charge in [0.15, 0.2) is 0 Å². The van der Waals surface area contributed by atoms with Crippen molar-refractivity contribution in [1.82, 2.24) is 24.2 Å². The molecule has 0 saturated heterocycles. The maximum atomic E-state index is 13.4. The van der Waals surface area contributed by atoms with Gasteiger partial charge in [0.05, 0.1) is 30.7 Å². The Morgan fingerprint density at radius 1 is 1.23 bits per heavy atom. The van der Waals surface area contributed by atoms with Crippen molar-refractivity contribution in [2.24, 2.45) is 0 Å². The molecule has 1 fully saturated rings. The number of aromatic nitrogens is 4. The van der Waals surface area contributed by atoms with Gasteiger partial charge in [-0.1, -0.05) is 18.9 Å². The summed E-state index contributed by atoms with van der Waals surface area (Å²) in [5.74, 6) is 0.822. The van der Waals surface area contributed by atoms with Crippen molar-refractivity contribution in [3.63, 3.8) is 0 Å². The van der Waals surface area contributed by atoms with Crippen LogP contribution in [-0.2, 0) is 19.4 Å². The van der Waals surface area contributed by atoms with Crippen LogP contribution in [0.5, 0.6) is 5.75 Å². The summed E-state index contributed by atoms with van der Waals surface area (Å²) in [4.78, 5) is 22.8. The number of likely N-dealkylation sites (N-methyl/N-ethyl adjacent to an activating group) is 1. The van der Waals surface area contributed by atoms with E-state index in [2.05, 4.69) is 23.2 Å².